The van der Waals surface area contributed by atoms with Crippen LogP contribution >= 0.6 is 11.6 Å². The number of rotatable bonds is 6. The second-order valence-corrected chi connectivity index (χ2v) is 7.14. The largest absolute Gasteiger partial charge is 0.496 e. The molecule has 1 aliphatic heterocycles. The molecule has 2 aromatic carbocycles. The van der Waals surface area contributed by atoms with Crippen LogP contribution in [0, 0.1) is 0 Å². The molecule has 0 aliphatic carbocycles. The van der Waals surface area contributed by atoms with Crippen LogP contribution in [0.4, 0.5) is 11.4 Å². The van der Waals surface area contributed by atoms with Crippen molar-refractivity contribution in [3.05, 3.63) is 53.1 Å². The van der Waals surface area contributed by atoms with Crippen molar-refractivity contribution in [1.82, 2.24) is 4.90 Å². The van der Waals surface area contributed by atoms with Crippen LogP contribution in [-0.2, 0) is 9.53 Å². The molecule has 1 aliphatic rings. The highest BCUT2D eigenvalue weighted by molar-refractivity contribution is 6.31. The van der Waals surface area contributed by atoms with Gasteiger partial charge in [-0.1, -0.05) is 11.6 Å². The third-order valence-electron chi connectivity index (χ3n) is 4.65. The number of halogens is 1. The van der Waals surface area contributed by atoms with Gasteiger partial charge in [-0.25, -0.2) is 0 Å². The van der Waals surface area contributed by atoms with Gasteiger partial charge in [0.2, 0.25) is 5.91 Å². The molecule has 0 radical (unpaired) electrons. The van der Waals surface area contributed by atoms with Crippen molar-refractivity contribution in [2.24, 2.45) is 0 Å². The van der Waals surface area contributed by atoms with E-state index in [1.54, 1.807) is 19.2 Å². The first-order chi connectivity index (χ1) is 14.0. The zero-order valence-corrected chi connectivity index (χ0v) is 17.2. The molecule has 2 aromatic rings. The van der Waals surface area contributed by atoms with Gasteiger partial charge in [0.15, 0.2) is 0 Å². The Labute approximate surface area is 175 Å². The summed E-state index contributed by atoms with van der Waals surface area (Å²) in [7, 11) is 3.04. The third kappa shape index (κ3) is 5.40. The Bertz CT molecular complexity index is 867. The number of anilines is 2. The number of carbonyl (C=O) groups excluding carboxylic acids is 2. The maximum atomic E-state index is 12.7. The van der Waals surface area contributed by atoms with Gasteiger partial charge in [0.1, 0.15) is 5.75 Å². The molecule has 3 rings (SSSR count). The summed E-state index contributed by atoms with van der Waals surface area (Å²) < 4.78 is 10.6. The first kappa shape index (κ1) is 21.0. The predicted octanol–water partition coefficient (Wildman–Crippen LogP) is 2.90. The number of benzene rings is 2. The number of nitrogens with zero attached hydrogens (tertiary/aromatic N) is 2. The number of amides is 2. The molecule has 1 saturated heterocycles. The Hall–Kier alpha value is -2.77. The SMILES string of the molecule is COc1ccc(Cl)cc1C(=O)N(C)CC(=O)Nc1ccc(N2CCOCC2)cc1. The summed E-state index contributed by atoms with van der Waals surface area (Å²) in [5.74, 6) is -0.228. The van der Waals surface area contributed by atoms with Crippen LogP contribution < -0.4 is 15.0 Å². The normalized spacial score (nSPS) is 13.7. The van der Waals surface area contributed by atoms with Crippen LogP contribution in [0.2, 0.25) is 5.02 Å². The van der Waals surface area contributed by atoms with Crippen LogP contribution in [0.1, 0.15) is 10.4 Å². The van der Waals surface area contributed by atoms with Crippen molar-refractivity contribution in [3.63, 3.8) is 0 Å². The van der Waals surface area contributed by atoms with Crippen molar-refractivity contribution >= 4 is 34.8 Å². The van der Waals surface area contributed by atoms with Gasteiger partial charge in [-0.2, -0.15) is 0 Å². The van der Waals surface area contributed by atoms with E-state index in [9.17, 15) is 9.59 Å². The highest BCUT2D eigenvalue weighted by atomic mass is 35.5. The first-order valence-corrected chi connectivity index (χ1v) is 9.67. The van der Waals surface area contributed by atoms with Gasteiger partial charge in [0, 0.05) is 36.5 Å². The number of methoxy groups -OCH3 is 1. The van der Waals surface area contributed by atoms with Crippen LogP contribution in [-0.4, -0.2) is 63.7 Å². The summed E-state index contributed by atoms with van der Waals surface area (Å²) >= 11 is 5.99. The molecular formula is C21H24ClN3O4. The Morgan fingerprint density at radius 1 is 1.17 bits per heavy atom. The van der Waals surface area contributed by atoms with Crippen LogP contribution in [0.5, 0.6) is 5.75 Å². The number of hydrogen-bond donors (Lipinski definition) is 1. The average molecular weight is 418 g/mol. The number of nitrogens with one attached hydrogen (secondary N) is 1. The molecule has 7 nitrogen and oxygen atoms in total. The Balaban J connectivity index is 1.58. The maximum absolute atomic E-state index is 12.7. The quantitative estimate of drug-likeness (QED) is 0.782. The molecule has 29 heavy (non-hydrogen) atoms. The van der Waals surface area contributed by atoms with Crippen molar-refractivity contribution < 1.29 is 19.1 Å². The van der Waals surface area contributed by atoms with Gasteiger partial charge in [-0.15, -0.1) is 0 Å². The monoisotopic (exact) mass is 417 g/mol. The van der Waals surface area contributed by atoms with E-state index >= 15 is 0 Å². The standard InChI is InChI=1S/C21H24ClN3O4/c1-24(21(27)18-13-15(22)3-8-19(18)28-2)14-20(26)23-16-4-6-17(7-5-16)25-9-11-29-12-10-25/h3-8,13H,9-12,14H2,1-2H3,(H,23,26). The van der Waals surface area contributed by atoms with E-state index in [2.05, 4.69) is 10.2 Å². The summed E-state index contributed by atoms with van der Waals surface area (Å²) in [6, 6.07) is 12.4. The van der Waals surface area contributed by atoms with Crippen LogP contribution in [0.15, 0.2) is 42.5 Å². The summed E-state index contributed by atoms with van der Waals surface area (Å²) in [6.07, 6.45) is 0. The predicted molar refractivity (Wildman–Crippen MR) is 113 cm³/mol. The van der Waals surface area contributed by atoms with E-state index in [0.717, 1.165) is 32.0 Å². The second kappa shape index (κ2) is 9.62. The molecule has 1 heterocycles. The molecule has 0 saturated carbocycles. The van der Waals surface area contributed by atoms with E-state index in [4.69, 9.17) is 21.1 Å². The Kier molecular flexibility index (Phi) is 6.95. The average Bonchev–Trinajstić information content (AvgIpc) is 2.74. The van der Waals surface area contributed by atoms with E-state index < -0.39 is 0 Å². The fraction of sp³-hybridized carbons (Fsp3) is 0.333. The molecule has 1 N–H and O–H groups in total. The first-order valence-electron chi connectivity index (χ1n) is 9.29. The number of morpholine rings is 1. The Morgan fingerprint density at radius 2 is 1.86 bits per heavy atom. The lowest BCUT2D eigenvalue weighted by Gasteiger charge is -2.28. The van der Waals surface area contributed by atoms with E-state index in [1.165, 1.54) is 18.1 Å². The molecule has 154 valence electrons. The number of carbonyl (C=O) groups is 2. The lowest BCUT2D eigenvalue weighted by atomic mass is 10.1. The fourth-order valence-electron chi connectivity index (χ4n) is 3.12. The number of ether oxygens (including phenoxy) is 2. The summed E-state index contributed by atoms with van der Waals surface area (Å²) in [6.45, 7) is 3.05. The molecule has 1 fully saturated rings. The van der Waals surface area contributed by atoms with Gasteiger partial charge in [0.05, 0.1) is 32.4 Å². The summed E-state index contributed by atoms with van der Waals surface area (Å²) in [5, 5.41) is 3.24. The van der Waals surface area contributed by atoms with E-state index in [1.807, 2.05) is 24.3 Å². The van der Waals surface area contributed by atoms with Gasteiger partial charge < -0.3 is 24.6 Å². The molecular weight excluding hydrogens is 394 g/mol. The lowest BCUT2D eigenvalue weighted by molar-refractivity contribution is -0.116. The fourth-order valence-corrected chi connectivity index (χ4v) is 3.29. The highest BCUT2D eigenvalue weighted by Crippen LogP contribution is 2.24. The van der Waals surface area contributed by atoms with E-state index in [-0.39, 0.29) is 18.4 Å². The summed E-state index contributed by atoms with van der Waals surface area (Å²) in [5.41, 5.74) is 2.07. The number of likely N-dealkylation sites (N-methyl/N-ethyl adjacent to an activating group) is 1. The second-order valence-electron chi connectivity index (χ2n) is 6.70. The van der Waals surface area contributed by atoms with Crippen molar-refractivity contribution in [3.8, 4) is 5.75 Å². The van der Waals surface area contributed by atoms with Crippen molar-refractivity contribution in [2.45, 2.75) is 0 Å². The minimum absolute atomic E-state index is 0.0975. The lowest BCUT2D eigenvalue weighted by Crippen LogP contribution is -2.36. The van der Waals surface area contributed by atoms with Gasteiger partial charge >= 0.3 is 0 Å². The molecule has 8 heteroatoms. The van der Waals surface area contributed by atoms with E-state index in [0.29, 0.717) is 22.0 Å². The zero-order chi connectivity index (χ0) is 20.8. The van der Waals surface area contributed by atoms with Crippen molar-refractivity contribution in [2.75, 3.05) is 57.2 Å². The zero-order valence-electron chi connectivity index (χ0n) is 16.5. The maximum Gasteiger partial charge on any atom is 0.257 e. The molecule has 0 spiro atoms. The van der Waals surface area contributed by atoms with Gasteiger partial charge in [-0.05, 0) is 42.5 Å². The minimum atomic E-state index is -0.345. The highest BCUT2D eigenvalue weighted by Gasteiger charge is 2.19. The van der Waals surface area contributed by atoms with Crippen LogP contribution in [0.3, 0.4) is 0 Å². The Morgan fingerprint density at radius 3 is 2.52 bits per heavy atom. The topological polar surface area (TPSA) is 71.1 Å². The molecule has 2 amide bonds. The molecule has 0 bridgehead atoms. The van der Waals surface area contributed by atoms with Gasteiger partial charge in [-0.3, -0.25) is 9.59 Å². The number of hydrogen-bond acceptors (Lipinski definition) is 5. The van der Waals surface area contributed by atoms with Gasteiger partial charge in [0.25, 0.3) is 5.91 Å². The minimum Gasteiger partial charge on any atom is -0.496 e. The molecule has 0 atom stereocenters. The molecule has 0 unspecified atom stereocenters. The molecule has 0 aromatic heterocycles. The summed E-state index contributed by atoms with van der Waals surface area (Å²) in [4.78, 5) is 28.6. The smallest absolute Gasteiger partial charge is 0.257 e. The van der Waals surface area contributed by atoms with Crippen LogP contribution in [0.25, 0.3) is 0 Å². The van der Waals surface area contributed by atoms with Crippen molar-refractivity contribution in [1.29, 1.82) is 0 Å². The third-order valence-corrected chi connectivity index (χ3v) is 4.88.